The van der Waals surface area contributed by atoms with E-state index in [9.17, 15) is 4.79 Å². The van der Waals surface area contributed by atoms with Crippen molar-refractivity contribution in [3.63, 3.8) is 0 Å². The lowest BCUT2D eigenvalue weighted by molar-refractivity contribution is -0.122. The van der Waals surface area contributed by atoms with E-state index in [2.05, 4.69) is 24.5 Å². The minimum absolute atomic E-state index is 0.0269. The molecular formula is C13H28N2O3. The first kappa shape index (κ1) is 17.4. The van der Waals surface area contributed by atoms with Crippen LogP contribution in [0.3, 0.4) is 0 Å². The Balaban J connectivity index is 3.78. The summed E-state index contributed by atoms with van der Waals surface area (Å²) in [6.45, 7) is 7.98. The third-order valence-electron chi connectivity index (χ3n) is 2.75. The second-order valence-electron chi connectivity index (χ2n) is 4.92. The van der Waals surface area contributed by atoms with E-state index in [1.54, 1.807) is 14.2 Å². The van der Waals surface area contributed by atoms with Gasteiger partial charge >= 0.3 is 0 Å². The molecule has 1 amide bonds. The summed E-state index contributed by atoms with van der Waals surface area (Å²) in [7, 11) is 3.27. The van der Waals surface area contributed by atoms with E-state index in [-0.39, 0.29) is 18.1 Å². The monoisotopic (exact) mass is 260 g/mol. The molecule has 0 aromatic carbocycles. The molecule has 2 atom stereocenters. The largest absolute Gasteiger partial charge is 0.382 e. The lowest BCUT2D eigenvalue weighted by atomic mass is 10.1. The van der Waals surface area contributed by atoms with Crippen LogP contribution in [0.4, 0.5) is 0 Å². The zero-order chi connectivity index (χ0) is 14.0. The maximum atomic E-state index is 11.7. The number of carbonyl (C=O) groups is 1. The maximum absolute atomic E-state index is 11.7. The van der Waals surface area contributed by atoms with Crippen LogP contribution in [0.15, 0.2) is 0 Å². The van der Waals surface area contributed by atoms with Gasteiger partial charge in [0.25, 0.3) is 0 Å². The van der Waals surface area contributed by atoms with Gasteiger partial charge in [-0.1, -0.05) is 13.8 Å². The van der Waals surface area contributed by atoms with Crippen molar-refractivity contribution < 1.29 is 14.3 Å². The van der Waals surface area contributed by atoms with Gasteiger partial charge in [0.2, 0.25) is 5.91 Å². The lowest BCUT2D eigenvalue weighted by Gasteiger charge is -2.19. The average molecular weight is 260 g/mol. The van der Waals surface area contributed by atoms with Crippen molar-refractivity contribution in [2.24, 2.45) is 5.92 Å². The number of methoxy groups -OCH3 is 2. The number of carbonyl (C=O) groups excluding carboxylic acids is 1. The molecule has 0 saturated carbocycles. The van der Waals surface area contributed by atoms with Crippen LogP contribution in [0, 0.1) is 5.92 Å². The minimum Gasteiger partial charge on any atom is -0.382 e. The zero-order valence-electron chi connectivity index (χ0n) is 12.3. The fraction of sp³-hybridized carbons (Fsp3) is 0.923. The highest BCUT2D eigenvalue weighted by Crippen LogP contribution is 1.97. The molecule has 2 unspecified atom stereocenters. The normalized spacial score (nSPS) is 14.6. The number of ether oxygens (including phenoxy) is 2. The van der Waals surface area contributed by atoms with E-state index >= 15 is 0 Å². The molecule has 0 aromatic heterocycles. The number of hydrogen-bond donors (Lipinski definition) is 2. The van der Waals surface area contributed by atoms with Gasteiger partial charge in [-0.3, -0.25) is 4.79 Å². The quantitative estimate of drug-likeness (QED) is 0.609. The molecular weight excluding hydrogens is 232 g/mol. The molecule has 0 fully saturated rings. The average Bonchev–Trinajstić information content (AvgIpc) is 2.33. The van der Waals surface area contributed by atoms with Gasteiger partial charge in [-0.25, -0.2) is 0 Å². The van der Waals surface area contributed by atoms with Gasteiger partial charge in [-0.2, -0.15) is 0 Å². The first-order valence-electron chi connectivity index (χ1n) is 6.54. The highest BCUT2D eigenvalue weighted by molar-refractivity contribution is 5.81. The van der Waals surface area contributed by atoms with E-state index in [4.69, 9.17) is 9.47 Å². The van der Waals surface area contributed by atoms with Gasteiger partial charge in [0.15, 0.2) is 0 Å². The Hall–Kier alpha value is -0.650. The Morgan fingerprint density at radius 1 is 1.22 bits per heavy atom. The van der Waals surface area contributed by atoms with Crippen LogP contribution in [-0.4, -0.2) is 52.0 Å². The molecule has 0 aliphatic heterocycles. The van der Waals surface area contributed by atoms with Crippen LogP contribution in [0.2, 0.25) is 0 Å². The van der Waals surface area contributed by atoms with E-state index in [1.807, 2.05) is 6.92 Å². The number of amides is 1. The summed E-state index contributed by atoms with van der Waals surface area (Å²) in [5, 5.41) is 6.05. The molecule has 0 saturated heterocycles. The summed E-state index contributed by atoms with van der Waals surface area (Å²) >= 11 is 0. The van der Waals surface area contributed by atoms with Crippen molar-refractivity contribution >= 4 is 5.91 Å². The molecule has 0 aromatic rings. The molecule has 0 bridgehead atoms. The Bertz CT molecular complexity index is 222. The number of nitrogens with one attached hydrogen (secondary N) is 2. The SMILES string of the molecule is COCC(CNC(C)C(=O)NCCC(C)C)OC. The van der Waals surface area contributed by atoms with Crippen molar-refractivity contribution in [2.75, 3.05) is 33.9 Å². The fourth-order valence-corrected chi connectivity index (χ4v) is 1.43. The lowest BCUT2D eigenvalue weighted by Crippen LogP contribution is -2.46. The first-order chi connectivity index (χ1) is 8.51. The molecule has 0 spiro atoms. The summed E-state index contributed by atoms with van der Waals surface area (Å²) in [6.07, 6.45) is 0.976. The topological polar surface area (TPSA) is 59.6 Å². The first-order valence-corrected chi connectivity index (χ1v) is 6.54. The van der Waals surface area contributed by atoms with E-state index < -0.39 is 0 Å². The van der Waals surface area contributed by atoms with Crippen LogP contribution in [0.25, 0.3) is 0 Å². The highest BCUT2D eigenvalue weighted by Gasteiger charge is 2.14. The minimum atomic E-state index is -0.216. The molecule has 18 heavy (non-hydrogen) atoms. The summed E-state index contributed by atoms with van der Waals surface area (Å²) < 4.78 is 10.2. The molecule has 0 aliphatic carbocycles. The predicted octanol–water partition coefficient (Wildman–Crippen LogP) is 0.788. The van der Waals surface area contributed by atoms with Crippen molar-refractivity contribution in [3.05, 3.63) is 0 Å². The Morgan fingerprint density at radius 3 is 2.39 bits per heavy atom. The van der Waals surface area contributed by atoms with Crippen LogP contribution in [0.1, 0.15) is 27.2 Å². The van der Waals surface area contributed by atoms with Crippen molar-refractivity contribution in [3.8, 4) is 0 Å². The number of hydrogen-bond acceptors (Lipinski definition) is 4. The Labute approximate surface area is 111 Å². The molecule has 108 valence electrons. The standard InChI is InChI=1S/C13H28N2O3/c1-10(2)6-7-14-13(16)11(3)15-8-12(18-5)9-17-4/h10-12,15H,6-9H2,1-5H3,(H,14,16). The highest BCUT2D eigenvalue weighted by atomic mass is 16.5. The Morgan fingerprint density at radius 2 is 1.89 bits per heavy atom. The van der Waals surface area contributed by atoms with Crippen LogP contribution >= 0.6 is 0 Å². The van der Waals surface area contributed by atoms with Gasteiger partial charge < -0.3 is 20.1 Å². The maximum Gasteiger partial charge on any atom is 0.236 e. The van der Waals surface area contributed by atoms with Gasteiger partial charge in [0.05, 0.1) is 18.8 Å². The van der Waals surface area contributed by atoms with E-state index in [0.29, 0.717) is 19.1 Å². The molecule has 2 N–H and O–H groups in total. The van der Waals surface area contributed by atoms with Gasteiger partial charge in [0, 0.05) is 27.3 Å². The molecule has 0 aliphatic rings. The molecule has 5 nitrogen and oxygen atoms in total. The van der Waals surface area contributed by atoms with Crippen LogP contribution < -0.4 is 10.6 Å². The van der Waals surface area contributed by atoms with Crippen molar-refractivity contribution in [1.29, 1.82) is 0 Å². The van der Waals surface area contributed by atoms with Crippen LogP contribution in [0.5, 0.6) is 0 Å². The van der Waals surface area contributed by atoms with Gasteiger partial charge in [-0.15, -0.1) is 0 Å². The predicted molar refractivity (Wildman–Crippen MR) is 72.6 cm³/mol. The van der Waals surface area contributed by atoms with Crippen molar-refractivity contribution in [1.82, 2.24) is 10.6 Å². The van der Waals surface area contributed by atoms with Crippen molar-refractivity contribution in [2.45, 2.75) is 39.3 Å². The number of rotatable bonds is 10. The smallest absolute Gasteiger partial charge is 0.236 e. The summed E-state index contributed by atoms with van der Waals surface area (Å²) in [5.74, 6) is 0.635. The molecule has 0 rings (SSSR count). The third kappa shape index (κ3) is 8.44. The summed E-state index contributed by atoms with van der Waals surface area (Å²) in [4.78, 5) is 11.7. The fourth-order valence-electron chi connectivity index (χ4n) is 1.43. The molecule has 0 radical (unpaired) electrons. The van der Waals surface area contributed by atoms with E-state index in [1.165, 1.54) is 0 Å². The summed E-state index contributed by atoms with van der Waals surface area (Å²) in [6, 6.07) is -0.216. The molecule has 0 heterocycles. The van der Waals surface area contributed by atoms with Gasteiger partial charge in [-0.05, 0) is 19.3 Å². The third-order valence-corrected chi connectivity index (χ3v) is 2.75. The van der Waals surface area contributed by atoms with E-state index in [0.717, 1.165) is 13.0 Å². The van der Waals surface area contributed by atoms with Gasteiger partial charge in [0.1, 0.15) is 0 Å². The second kappa shape index (κ2) is 10.3. The van der Waals surface area contributed by atoms with Crippen LogP contribution in [-0.2, 0) is 14.3 Å². The zero-order valence-corrected chi connectivity index (χ0v) is 12.3. The summed E-state index contributed by atoms with van der Waals surface area (Å²) in [5.41, 5.74) is 0. The second-order valence-corrected chi connectivity index (χ2v) is 4.92. The molecule has 5 heteroatoms. The Kier molecular flexibility index (Phi) is 9.92.